The van der Waals surface area contributed by atoms with Gasteiger partial charge >= 0.3 is 0 Å². The zero-order valence-electron chi connectivity index (χ0n) is 17.8. The van der Waals surface area contributed by atoms with Gasteiger partial charge in [-0.2, -0.15) is 0 Å². The quantitative estimate of drug-likeness (QED) is 0.234. The number of nitrogens with zero attached hydrogens (tertiary/aromatic N) is 3. The van der Waals surface area contributed by atoms with Crippen LogP contribution < -0.4 is 14.4 Å². The van der Waals surface area contributed by atoms with E-state index in [4.69, 9.17) is 16.3 Å². The first-order valence-electron chi connectivity index (χ1n) is 9.54. The molecule has 0 aliphatic heterocycles. The smallest absolute Gasteiger partial charge is 0.264 e. The number of sulfonamides is 1. The van der Waals surface area contributed by atoms with Gasteiger partial charge in [-0.15, -0.1) is 16.8 Å². The maximum atomic E-state index is 13.5. The van der Waals surface area contributed by atoms with Crippen LogP contribution in [0.3, 0.4) is 0 Å². The summed E-state index contributed by atoms with van der Waals surface area (Å²) < 4.78 is 34.1. The van der Waals surface area contributed by atoms with Gasteiger partial charge in [0, 0.05) is 10.8 Å². The van der Waals surface area contributed by atoms with E-state index >= 15 is 0 Å². The van der Waals surface area contributed by atoms with E-state index < -0.39 is 22.5 Å². The van der Waals surface area contributed by atoms with Crippen molar-refractivity contribution in [2.75, 3.05) is 29.0 Å². The number of hydrogen-bond donors (Lipinski definition) is 1. The normalized spacial score (nSPS) is 11.1. The first-order valence-corrected chi connectivity index (χ1v) is 13.2. The standard InChI is InChI=1S/C21H21ClN4O4S3/c1-4-11-31-21-25-24-20(32-21)23-19(27)13-26(17-12-15(22)7-10-18(17)30-3)33(28,29)16-8-5-14(2)6-9-16/h4-10,12H,1,11,13H2,2-3H3,(H,23,24,27). The topological polar surface area (TPSA) is 101 Å². The van der Waals surface area contributed by atoms with Gasteiger partial charge in [0.05, 0.1) is 17.7 Å². The Morgan fingerprint density at radius 3 is 2.67 bits per heavy atom. The summed E-state index contributed by atoms with van der Waals surface area (Å²) in [5.74, 6) is 0.311. The van der Waals surface area contributed by atoms with Gasteiger partial charge in [-0.05, 0) is 37.3 Å². The highest BCUT2D eigenvalue weighted by atomic mass is 35.5. The maximum Gasteiger partial charge on any atom is 0.264 e. The SMILES string of the molecule is C=CCSc1nnc(NC(=O)CN(c2cc(Cl)ccc2OC)S(=O)(=O)c2ccc(C)cc2)s1. The molecule has 1 aromatic heterocycles. The van der Waals surface area contributed by atoms with Crippen LogP contribution in [0.5, 0.6) is 5.75 Å². The van der Waals surface area contributed by atoms with E-state index in [2.05, 4.69) is 22.1 Å². The second kappa shape index (κ2) is 11.0. The number of ether oxygens (including phenoxy) is 1. The largest absolute Gasteiger partial charge is 0.495 e. The zero-order chi connectivity index (χ0) is 24.0. The van der Waals surface area contributed by atoms with Gasteiger partial charge in [0.1, 0.15) is 12.3 Å². The van der Waals surface area contributed by atoms with Crippen molar-refractivity contribution in [1.29, 1.82) is 0 Å². The summed E-state index contributed by atoms with van der Waals surface area (Å²) in [6.45, 7) is 4.98. The van der Waals surface area contributed by atoms with Crippen molar-refractivity contribution in [2.45, 2.75) is 16.2 Å². The maximum absolute atomic E-state index is 13.5. The molecular formula is C21H21ClN4O4S3. The molecule has 0 aliphatic rings. The van der Waals surface area contributed by atoms with Crippen molar-refractivity contribution >= 4 is 61.4 Å². The van der Waals surface area contributed by atoms with Crippen molar-refractivity contribution in [3.63, 3.8) is 0 Å². The third-order valence-corrected chi connectivity index (χ3v) is 8.26. The van der Waals surface area contributed by atoms with E-state index in [1.54, 1.807) is 30.3 Å². The van der Waals surface area contributed by atoms with Gasteiger partial charge in [-0.1, -0.05) is 58.5 Å². The lowest BCUT2D eigenvalue weighted by molar-refractivity contribution is -0.114. The summed E-state index contributed by atoms with van der Waals surface area (Å²) in [6.07, 6.45) is 1.73. The van der Waals surface area contributed by atoms with Crippen LogP contribution in [0.25, 0.3) is 0 Å². The number of halogens is 1. The number of nitrogens with one attached hydrogen (secondary N) is 1. The summed E-state index contributed by atoms with van der Waals surface area (Å²) in [6, 6.07) is 10.9. The molecule has 0 radical (unpaired) electrons. The summed E-state index contributed by atoms with van der Waals surface area (Å²) in [7, 11) is -2.72. The van der Waals surface area contributed by atoms with E-state index in [9.17, 15) is 13.2 Å². The van der Waals surface area contributed by atoms with Crippen molar-refractivity contribution in [3.05, 3.63) is 65.7 Å². The first-order chi connectivity index (χ1) is 15.7. The van der Waals surface area contributed by atoms with Crippen molar-refractivity contribution in [1.82, 2.24) is 10.2 Å². The summed E-state index contributed by atoms with van der Waals surface area (Å²) in [5, 5.41) is 11.1. The molecule has 12 heteroatoms. The third-order valence-electron chi connectivity index (χ3n) is 4.28. The molecule has 3 aromatic rings. The average molecular weight is 525 g/mol. The highest BCUT2D eigenvalue weighted by molar-refractivity contribution is 8.01. The summed E-state index contributed by atoms with van der Waals surface area (Å²) in [5.41, 5.74) is 1.04. The number of hydrogen-bond acceptors (Lipinski definition) is 8. The molecule has 0 bridgehead atoms. The number of rotatable bonds is 10. The number of thioether (sulfide) groups is 1. The van der Waals surface area contributed by atoms with Gasteiger partial charge in [0.25, 0.3) is 10.0 Å². The lowest BCUT2D eigenvalue weighted by atomic mass is 10.2. The third kappa shape index (κ3) is 6.26. The molecule has 33 heavy (non-hydrogen) atoms. The number of aromatic nitrogens is 2. The van der Waals surface area contributed by atoms with Crippen LogP contribution in [0.15, 0.2) is 64.4 Å². The van der Waals surface area contributed by atoms with Crippen molar-refractivity contribution < 1.29 is 17.9 Å². The number of carbonyl (C=O) groups excluding carboxylic acids is 1. The number of anilines is 2. The highest BCUT2D eigenvalue weighted by Crippen LogP contribution is 2.35. The first kappa shape index (κ1) is 25.0. The number of benzene rings is 2. The Kier molecular flexibility index (Phi) is 8.35. The van der Waals surface area contributed by atoms with Gasteiger partial charge in [-0.25, -0.2) is 8.42 Å². The van der Waals surface area contributed by atoms with E-state index in [0.717, 1.165) is 9.87 Å². The van der Waals surface area contributed by atoms with E-state index in [1.165, 1.54) is 48.4 Å². The fourth-order valence-corrected chi connectivity index (χ4v) is 5.85. The highest BCUT2D eigenvalue weighted by Gasteiger charge is 2.30. The van der Waals surface area contributed by atoms with Gasteiger partial charge < -0.3 is 4.74 Å². The Hall–Kier alpha value is -2.60. The molecule has 2 aromatic carbocycles. The van der Waals surface area contributed by atoms with E-state index in [0.29, 0.717) is 15.1 Å². The minimum absolute atomic E-state index is 0.0296. The molecule has 0 aliphatic carbocycles. The average Bonchev–Trinajstić information content (AvgIpc) is 3.23. The van der Waals surface area contributed by atoms with Crippen LogP contribution in [-0.2, 0) is 14.8 Å². The number of amides is 1. The van der Waals surface area contributed by atoms with E-state index in [1.807, 2.05) is 6.92 Å². The van der Waals surface area contributed by atoms with Crippen molar-refractivity contribution in [2.24, 2.45) is 0 Å². The van der Waals surface area contributed by atoms with Crippen LogP contribution in [0, 0.1) is 6.92 Å². The molecule has 0 unspecified atom stereocenters. The van der Waals surface area contributed by atoms with E-state index in [-0.39, 0.29) is 21.5 Å². The van der Waals surface area contributed by atoms with Crippen LogP contribution in [0.1, 0.15) is 5.56 Å². The van der Waals surface area contributed by atoms with Gasteiger partial charge in [0.2, 0.25) is 11.0 Å². The number of carbonyl (C=O) groups is 1. The Bertz CT molecular complexity index is 1250. The molecule has 1 N–H and O–H groups in total. The Labute approximate surface area is 205 Å². The molecule has 174 valence electrons. The second-order valence-electron chi connectivity index (χ2n) is 6.66. The number of aryl methyl sites for hydroxylation is 1. The molecule has 0 saturated heterocycles. The molecule has 0 spiro atoms. The summed E-state index contributed by atoms with van der Waals surface area (Å²) in [4.78, 5) is 12.9. The number of methoxy groups -OCH3 is 1. The minimum Gasteiger partial charge on any atom is -0.495 e. The minimum atomic E-state index is -4.13. The molecule has 1 amide bonds. The fraction of sp³-hybridized carbons (Fsp3) is 0.190. The van der Waals surface area contributed by atoms with Gasteiger partial charge in [-0.3, -0.25) is 14.4 Å². The molecule has 8 nitrogen and oxygen atoms in total. The predicted molar refractivity (Wildman–Crippen MR) is 133 cm³/mol. The lowest BCUT2D eigenvalue weighted by Crippen LogP contribution is -2.38. The second-order valence-corrected chi connectivity index (χ2v) is 11.2. The van der Waals surface area contributed by atoms with Crippen LogP contribution >= 0.6 is 34.7 Å². The molecular weight excluding hydrogens is 504 g/mol. The molecule has 1 heterocycles. The monoisotopic (exact) mass is 524 g/mol. The van der Waals surface area contributed by atoms with Gasteiger partial charge in [0.15, 0.2) is 4.34 Å². The zero-order valence-corrected chi connectivity index (χ0v) is 21.0. The molecule has 0 fully saturated rings. The van der Waals surface area contributed by atoms with Crippen LogP contribution in [0.2, 0.25) is 5.02 Å². The van der Waals surface area contributed by atoms with Crippen molar-refractivity contribution in [3.8, 4) is 5.75 Å². The molecule has 3 rings (SSSR count). The van der Waals surface area contributed by atoms with Crippen LogP contribution in [0.4, 0.5) is 10.8 Å². The summed E-state index contributed by atoms with van der Waals surface area (Å²) >= 11 is 8.76. The fourth-order valence-electron chi connectivity index (χ4n) is 2.73. The molecule has 0 saturated carbocycles. The van der Waals surface area contributed by atoms with Crippen LogP contribution in [-0.4, -0.2) is 43.9 Å². The predicted octanol–water partition coefficient (Wildman–Crippen LogP) is 4.62. The molecule has 0 atom stereocenters. The Balaban J connectivity index is 1.94. The lowest BCUT2D eigenvalue weighted by Gasteiger charge is -2.25. The Morgan fingerprint density at radius 2 is 2.00 bits per heavy atom. The Morgan fingerprint density at radius 1 is 1.27 bits per heavy atom.